The highest BCUT2D eigenvalue weighted by Gasteiger charge is 2.08. The number of rotatable bonds is 5. The van der Waals surface area contributed by atoms with Gasteiger partial charge >= 0.3 is 0 Å². The molecule has 4 nitrogen and oxygen atoms in total. The molecule has 0 aromatic heterocycles. The van der Waals surface area contributed by atoms with Crippen molar-refractivity contribution in [2.75, 3.05) is 13.7 Å². The fourth-order valence-corrected chi connectivity index (χ4v) is 1.56. The molecule has 0 saturated carbocycles. The maximum Gasteiger partial charge on any atom is 0.162 e. The number of ether oxygens (including phenoxy) is 2. The first-order chi connectivity index (χ1) is 7.72. The summed E-state index contributed by atoms with van der Waals surface area (Å²) in [5.74, 6) is 1.17. The van der Waals surface area contributed by atoms with E-state index in [0.29, 0.717) is 23.7 Å². The lowest BCUT2D eigenvalue weighted by Gasteiger charge is -2.11. The molecule has 0 amide bonds. The van der Waals surface area contributed by atoms with Gasteiger partial charge in [-0.15, -0.1) is 0 Å². The largest absolute Gasteiger partial charge is 0.493 e. The van der Waals surface area contributed by atoms with Crippen molar-refractivity contribution in [3.63, 3.8) is 0 Å². The molecule has 1 N–H and O–H groups in total. The van der Waals surface area contributed by atoms with Crippen LogP contribution in [0.4, 0.5) is 0 Å². The van der Waals surface area contributed by atoms with Crippen LogP contribution in [0.5, 0.6) is 11.5 Å². The number of methoxy groups -OCH3 is 1. The number of hydrogen-bond donors (Lipinski definition) is 1. The van der Waals surface area contributed by atoms with Crippen LogP contribution in [-0.2, 0) is 0 Å². The standard InChI is InChI=1S/C11H12BrNO3/c1-3-4-16-11-6-9(12)8(7-13-14)5-10(11)15-2/h3,5-7,14H,1,4H2,2H3/b13-7+. The molecule has 0 fully saturated rings. The molecule has 16 heavy (non-hydrogen) atoms. The van der Waals surface area contributed by atoms with Gasteiger partial charge in [0.25, 0.3) is 0 Å². The zero-order valence-electron chi connectivity index (χ0n) is 8.81. The van der Waals surface area contributed by atoms with Crippen molar-refractivity contribution in [3.8, 4) is 11.5 Å². The molecular weight excluding hydrogens is 274 g/mol. The number of oxime groups is 1. The first-order valence-corrected chi connectivity index (χ1v) is 5.31. The van der Waals surface area contributed by atoms with Gasteiger partial charge in [0.1, 0.15) is 6.61 Å². The molecule has 0 bridgehead atoms. The highest BCUT2D eigenvalue weighted by molar-refractivity contribution is 9.10. The Morgan fingerprint density at radius 3 is 2.81 bits per heavy atom. The van der Waals surface area contributed by atoms with Crippen LogP contribution in [0.15, 0.2) is 34.4 Å². The maximum atomic E-state index is 8.48. The molecule has 0 aliphatic carbocycles. The van der Waals surface area contributed by atoms with Crippen molar-refractivity contribution in [1.82, 2.24) is 0 Å². The summed E-state index contributed by atoms with van der Waals surface area (Å²) < 4.78 is 11.3. The third-order valence-corrected chi connectivity index (χ3v) is 2.52. The summed E-state index contributed by atoms with van der Waals surface area (Å²) in [6.07, 6.45) is 2.96. The Kier molecular flexibility index (Phi) is 4.85. The molecule has 1 aromatic rings. The van der Waals surface area contributed by atoms with Gasteiger partial charge in [-0.1, -0.05) is 17.8 Å². The summed E-state index contributed by atoms with van der Waals surface area (Å²) in [4.78, 5) is 0. The smallest absolute Gasteiger partial charge is 0.162 e. The summed E-state index contributed by atoms with van der Waals surface area (Å²) >= 11 is 3.34. The lowest BCUT2D eigenvalue weighted by atomic mass is 10.2. The van der Waals surface area contributed by atoms with Gasteiger partial charge < -0.3 is 14.7 Å². The van der Waals surface area contributed by atoms with E-state index in [1.165, 1.54) is 6.21 Å². The fourth-order valence-electron chi connectivity index (χ4n) is 1.13. The summed E-state index contributed by atoms with van der Waals surface area (Å²) in [5.41, 5.74) is 0.699. The summed E-state index contributed by atoms with van der Waals surface area (Å²) in [5, 5.41) is 11.4. The Balaban J connectivity index is 3.09. The van der Waals surface area contributed by atoms with E-state index in [-0.39, 0.29) is 0 Å². The second-order valence-corrected chi connectivity index (χ2v) is 3.72. The third-order valence-electron chi connectivity index (χ3n) is 1.84. The fraction of sp³-hybridized carbons (Fsp3) is 0.182. The second kappa shape index (κ2) is 6.17. The molecule has 1 aromatic carbocycles. The monoisotopic (exact) mass is 285 g/mol. The Morgan fingerprint density at radius 2 is 2.25 bits per heavy atom. The van der Waals surface area contributed by atoms with Crippen LogP contribution in [0, 0.1) is 0 Å². The summed E-state index contributed by atoms with van der Waals surface area (Å²) in [6.45, 7) is 3.97. The average molecular weight is 286 g/mol. The predicted molar refractivity (Wildman–Crippen MR) is 65.8 cm³/mol. The van der Waals surface area contributed by atoms with Crippen molar-refractivity contribution in [2.45, 2.75) is 0 Å². The zero-order valence-corrected chi connectivity index (χ0v) is 10.4. The van der Waals surface area contributed by atoms with Gasteiger partial charge in [0.15, 0.2) is 11.5 Å². The molecule has 5 heteroatoms. The van der Waals surface area contributed by atoms with Gasteiger partial charge in [-0.2, -0.15) is 0 Å². The van der Waals surface area contributed by atoms with Crippen molar-refractivity contribution in [3.05, 3.63) is 34.8 Å². The van der Waals surface area contributed by atoms with Crippen molar-refractivity contribution in [2.24, 2.45) is 5.16 Å². The Morgan fingerprint density at radius 1 is 1.50 bits per heavy atom. The SMILES string of the molecule is C=CCOc1cc(Br)c(/C=N/O)cc1OC. The molecular formula is C11H12BrNO3. The highest BCUT2D eigenvalue weighted by atomic mass is 79.9. The highest BCUT2D eigenvalue weighted by Crippen LogP contribution is 2.32. The molecule has 0 atom stereocenters. The van der Waals surface area contributed by atoms with Gasteiger partial charge in [0.2, 0.25) is 0 Å². The number of halogens is 1. The van der Waals surface area contributed by atoms with Crippen molar-refractivity contribution < 1.29 is 14.7 Å². The van der Waals surface area contributed by atoms with Crippen molar-refractivity contribution >= 4 is 22.1 Å². The van der Waals surface area contributed by atoms with E-state index < -0.39 is 0 Å². The lowest BCUT2D eigenvalue weighted by molar-refractivity contribution is 0.321. The van der Waals surface area contributed by atoms with Crippen LogP contribution in [-0.4, -0.2) is 25.1 Å². The molecule has 0 heterocycles. The molecule has 1 rings (SSSR count). The van der Waals surface area contributed by atoms with Crippen LogP contribution in [0.25, 0.3) is 0 Å². The van der Waals surface area contributed by atoms with Gasteiger partial charge in [-0.3, -0.25) is 0 Å². The van der Waals surface area contributed by atoms with Crippen LogP contribution in [0.1, 0.15) is 5.56 Å². The molecule has 0 unspecified atom stereocenters. The predicted octanol–water partition coefficient (Wildman–Crippen LogP) is 2.83. The van der Waals surface area contributed by atoms with E-state index in [1.807, 2.05) is 0 Å². The molecule has 0 aliphatic rings. The third kappa shape index (κ3) is 3.00. The molecule has 86 valence electrons. The van der Waals surface area contributed by atoms with E-state index in [4.69, 9.17) is 14.7 Å². The minimum atomic E-state index is 0.399. The van der Waals surface area contributed by atoms with Gasteiger partial charge in [-0.25, -0.2) is 0 Å². The van der Waals surface area contributed by atoms with E-state index in [1.54, 1.807) is 25.3 Å². The van der Waals surface area contributed by atoms with E-state index >= 15 is 0 Å². The molecule has 0 spiro atoms. The Bertz CT molecular complexity index is 404. The lowest BCUT2D eigenvalue weighted by Crippen LogP contribution is -1.98. The molecule has 0 radical (unpaired) electrons. The van der Waals surface area contributed by atoms with Crippen LogP contribution >= 0.6 is 15.9 Å². The Hall–Kier alpha value is -1.49. The van der Waals surface area contributed by atoms with E-state index in [0.717, 1.165) is 4.47 Å². The van der Waals surface area contributed by atoms with Gasteiger partial charge in [-0.05, 0) is 28.1 Å². The first-order valence-electron chi connectivity index (χ1n) is 4.51. The first kappa shape index (κ1) is 12.6. The van der Waals surface area contributed by atoms with Crippen molar-refractivity contribution in [1.29, 1.82) is 0 Å². The van der Waals surface area contributed by atoms with Crippen LogP contribution in [0.3, 0.4) is 0 Å². The van der Waals surface area contributed by atoms with Crippen LogP contribution in [0.2, 0.25) is 0 Å². The minimum absolute atomic E-state index is 0.399. The Labute approximate surface area is 102 Å². The maximum absolute atomic E-state index is 8.48. The number of hydrogen-bond acceptors (Lipinski definition) is 4. The van der Waals surface area contributed by atoms with Gasteiger partial charge in [0, 0.05) is 10.0 Å². The van der Waals surface area contributed by atoms with E-state index in [9.17, 15) is 0 Å². The average Bonchev–Trinajstić information content (AvgIpc) is 2.29. The summed E-state index contributed by atoms with van der Waals surface area (Å²) in [6, 6.07) is 3.46. The number of benzene rings is 1. The van der Waals surface area contributed by atoms with Gasteiger partial charge in [0.05, 0.1) is 13.3 Å². The van der Waals surface area contributed by atoms with E-state index in [2.05, 4.69) is 27.7 Å². The summed E-state index contributed by atoms with van der Waals surface area (Å²) in [7, 11) is 1.55. The molecule has 0 aliphatic heterocycles. The quantitative estimate of drug-likeness (QED) is 0.392. The topological polar surface area (TPSA) is 51.0 Å². The van der Waals surface area contributed by atoms with Crippen LogP contribution < -0.4 is 9.47 Å². The molecule has 0 saturated heterocycles. The normalized spacial score (nSPS) is 10.4. The second-order valence-electron chi connectivity index (χ2n) is 2.87. The zero-order chi connectivity index (χ0) is 12.0. The number of nitrogens with zero attached hydrogens (tertiary/aromatic N) is 1. The minimum Gasteiger partial charge on any atom is -0.493 e.